The molecule has 0 unspecified atom stereocenters. The van der Waals surface area contributed by atoms with Crippen LogP contribution >= 0.6 is 0 Å². The smallest absolute Gasteiger partial charge is 0.332 e. The molecule has 3 heterocycles. The maximum absolute atomic E-state index is 13.4. The number of aromatic nitrogens is 5. The SMILES string of the molecule is CCCn1c(=O)c2c(nc3n(Cc4ccc(F)cc4)c(O)c(CC)c(=O)n23)n(CCC)c1=O. The average Bonchev–Trinajstić information content (AvgIpc) is 3.19. The molecular weight excluding hydrogens is 429 g/mol. The van der Waals surface area contributed by atoms with E-state index in [-0.39, 0.29) is 47.9 Å². The molecule has 0 saturated carbocycles. The van der Waals surface area contributed by atoms with Crippen molar-refractivity contribution in [3.05, 3.63) is 72.4 Å². The van der Waals surface area contributed by atoms with Gasteiger partial charge in [0.25, 0.3) is 11.1 Å². The lowest BCUT2D eigenvalue weighted by molar-refractivity contribution is 0.412. The molecule has 1 N–H and O–H groups in total. The van der Waals surface area contributed by atoms with Crippen molar-refractivity contribution in [3.63, 3.8) is 0 Å². The summed E-state index contributed by atoms with van der Waals surface area (Å²) in [6.07, 6.45) is 1.42. The first-order valence-corrected chi connectivity index (χ1v) is 11.1. The molecule has 0 aliphatic carbocycles. The highest BCUT2D eigenvalue weighted by Gasteiger charge is 2.24. The van der Waals surface area contributed by atoms with Crippen LogP contribution in [0.1, 0.15) is 44.7 Å². The van der Waals surface area contributed by atoms with Crippen LogP contribution in [-0.4, -0.2) is 28.2 Å². The minimum atomic E-state index is -0.588. The zero-order chi connectivity index (χ0) is 23.9. The van der Waals surface area contributed by atoms with E-state index in [9.17, 15) is 23.9 Å². The highest BCUT2D eigenvalue weighted by atomic mass is 19.1. The molecular formula is C23H26FN5O4. The van der Waals surface area contributed by atoms with Gasteiger partial charge in [-0.3, -0.25) is 23.3 Å². The number of nitrogens with zero attached hydrogens (tertiary/aromatic N) is 5. The summed E-state index contributed by atoms with van der Waals surface area (Å²) in [5, 5.41) is 10.9. The van der Waals surface area contributed by atoms with E-state index in [1.165, 1.54) is 25.7 Å². The largest absolute Gasteiger partial charge is 0.494 e. The Morgan fingerprint density at radius 2 is 1.55 bits per heavy atom. The summed E-state index contributed by atoms with van der Waals surface area (Å²) in [7, 11) is 0. The molecule has 10 heteroatoms. The summed E-state index contributed by atoms with van der Waals surface area (Å²) in [6.45, 7) is 6.12. The molecule has 174 valence electrons. The van der Waals surface area contributed by atoms with E-state index in [2.05, 4.69) is 4.98 Å². The second-order valence-corrected chi connectivity index (χ2v) is 7.98. The van der Waals surface area contributed by atoms with Crippen molar-refractivity contribution in [2.24, 2.45) is 0 Å². The van der Waals surface area contributed by atoms with Gasteiger partial charge in [-0.15, -0.1) is 0 Å². The van der Waals surface area contributed by atoms with Gasteiger partial charge in [0.05, 0.1) is 12.1 Å². The Hall–Kier alpha value is -3.69. The van der Waals surface area contributed by atoms with Gasteiger partial charge in [-0.1, -0.05) is 32.9 Å². The third-order valence-corrected chi connectivity index (χ3v) is 5.74. The Balaban J connectivity index is 2.18. The van der Waals surface area contributed by atoms with E-state index in [0.29, 0.717) is 24.9 Å². The third kappa shape index (κ3) is 3.55. The van der Waals surface area contributed by atoms with Gasteiger partial charge in [0, 0.05) is 13.1 Å². The third-order valence-electron chi connectivity index (χ3n) is 5.74. The Labute approximate surface area is 188 Å². The van der Waals surface area contributed by atoms with Crippen LogP contribution in [0.2, 0.25) is 0 Å². The van der Waals surface area contributed by atoms with Crippen LogP contribution in [0.3, 0.4) is 0 Å². The number of halogens is 1. The van der Waals surface area contributed by atoms with E-state index in [0.717, 1.165) is 4.57 Å². The summed E-state index contributed by atoms with van der Waals surface area (Å²) in [6, 6.07) is 5.74. The molecule has 0 saturated heterocycles. The van der Waals surface area contributed by atoms with Gasteiger partial charge in [0.15, 0.2) is 11.2 Å². The fraction of sp³-hybridized carbons (Fsp3) is 0.391. The number of fused-ring (bicyclic) bond motifs is 3. The van der Waals surface area contributed by atoms with Gasteiger partial charge >= 0.3 is 5.69 Å². The van der Waals surface area contributed by atoms with Crippen molar-refractivity contribution in [1.29, 1.82) is 0 Å². The number of imidazole rings is 1. The predicted octanol–water partition coefficient (Wildman–Crippen LogP) is 2.25. The second-order valence-electron chi connectivity index (χ2n) is 7.98. The molecule has 0 aliphatic rings. The first-order chi connectivity index (χ1) is 15.8. The molecule has 0 aliphatic heterocycles. The van der Waals surface area contributed by atoms with Gasteiger partial charge in [0.2, 0.25) is 11.7 Å². The van der Waals surface area contributed by atoms with Crippen molar-refractivity contribution in [3.8, 4) is 5.88 Å². The highest BCUT2D eigenvalue weighted by molar-refractivity contribution is 5.75. The van der Waals surface area contributed by atoms with Gasteiger partial charge < -0.3 is 5.11 Å². The summed E-state index contributed by atoms with van der Waals surface area (Å²) >= 11 is 0. The molecule has 0 bridgehead atoms. The predicted molar refractivity (Wildman–Crippen MR) is 123 cm³/mol. The van der Waals surface area contributed by atoms with Crippen LogP contribution in [-0.2, 0) is 26.1 Å². The highest BCUT2D eigenvalue weighted by Crippen LogP contribution is 2.22. The normalized spacial score (nSPS) is 11.6. The van der Waals surface area contributed by atoms with E-state index in [1.54, 1.807) is 19.1 Å². The van der Waals surface area contributed by atoms with Gasteiger partial charge in [-0.05, 0) is 37.0 Å². The second kappa shape index (κ2) is 8.68. The van der Waals surface area contributed by atoms with Crippen LogP contribution in [0.4, 0.5) is 4.39 Å². The molecule has 0 radical (unpaired) electrons. The van der Waals surface area contributed by atoms with Crippen molar-refractivity contribution in [1.82, 2.24) is 23.1 Å². The fourth-order valence-electron chi connectivity index (χ4n) is 4.16. The molecule has 0 amide bonds. The average molecular weight is 455 g/mol. The molecule has 1 aromatic carbocycles. The topological polar surface area (TPSA) is 104 Å². The number of aryl methyl sites for hydroxylation is 1. The van der Waals surface area contributed by atoms with E-state index in [1.807, 2.05) is 13.8 Å². The summed E-state index contributed by atoms with van der Waals surface area (Å²) in [5.41, 5.74) is -0.702. The first-order valence-electron chi connectivity index (χ1n) is 11.1. The lowest BCUT2D eigenvalue weighted by Crippen LogP contribution is -2.41. The maximum Gasteiger partial charge on any atom is 0.332 e. The Morgan fingerprint density at radius 1 is 0.909 bits per heavy atom. The molecule has 33 heavy (non-hydrogen) atoms. The zero-order valence-electron chi connectivity index (χ0n) is 18.8. The molecule has 9 nitrogen and oxygen atoms in total. The monoisotopic (exact) mass is 455 g/mol. The number of hydrogen-bond donors (Lipinski definition) is 1. The standard InChI is InChI=1S/C23H26FN5O4/c1-4-11-26-18-17(21(32)27(12-5-2)23(26)33)29-20(31)16(6-3)19(30)28(22(29)25-18)13-14-7-9-15(24)10-8-14/h7-10,30H,4-6,11-13H2,1-3H3. The Bertz CT molecular complexity index is 1530. The fourth-order valence-corrected chi connectivity index (χ4v) is 4.16. The number of benzene rings is 1. The van der Waals surface area contributed by atoms with Crippen LogP contribution in [0.5, 0.6) is 5.88 Å². The lowest BCUT2D eigenvalue weighted by atomic mass is 10.2. The first kappa shape index (κ1) is 22.5. The zero-order valence-corrected chi connectivity index (χ0v) is 18.8. The van der Waals surface area contributed by atoms with Crippen molar-refractivity contribution in [2.45, 2.75) is 59.7 Å². The van der Waals surface area contributed by atoms with Gasteiger partial charge in [0.1, 0.15) is 5.82 Å². The van der Waals surface area contributed by atoms with Gasteiger partial charge in [-0.25, -0.2) is 13.6 Å². The van der Waals surface area contributed by atoms with E-state index < -0.39 is 22.6 Å². The van der Waals surface area contributed by atoms with Crippen LogP contribution in [0.25, 0.3) is 16.9 Å². The van der Waals surface area contributed by atoms with Crippen molar-refractivity contribution in [2.75, 3.05) is 0 Å². The van der Waals surface area contributed by atoms with Crippen molar-refractivity contribution >= 4 is 16.9 Å². The van der Waals surface area contributed by atoms with Crippen molar-refractivity contribution < 1.29 is 9.50 Å². The van der Waals surface area contributed by atoms with Gasteiger partial charge in [-0.2, -0.15) is 4.98 Å². The Kier molecular flexibility index (Phi) is 5.92. The molecule has 0 atom stereocenters. The quantitative estimate of drug-likeness (QED) is 0.460. The minimum absolute atomic E-state index is 0.0130. The van der Waals surface area contributed by atoms with E-state index in [4.69, 9.17) is 0 Å². The summed E-state index contributed by atoms with van der Waals surface area (Å²) in [4.78, 5) is 44.3. The van der Waals surface area contributed by atoms with Crippen LogP contribution < -0.4 is 16.8 Å². The molecule has 0 fully saturated rings. The summed E-state index contributed by atoms with van der Waals surface area (Å²) < 4.78 is 18.5. The minimum Gasteiger partial charge on any atom is -0.494 e. The summed E-state index contributed by atoms with van der Waals surface area (Å²) in [5.74, 6) is -0.619. The van der Waals surface area contributed by atoms with Crippen LogP contribution in [0, 0.1) is 5.82 Å². The Morgan fingerprint density at radius 3 is 2.15 bits per heavy atom. The number of aromatic hydroxyl groups is 1. The molecule has 3 aromatic heterocycles. The number of hydrogen-bond acceptors (Lipinski definition) is 5. The molecule has 4 aromatic rings. The molecule has 4 rings (SSSR count). The number of rotatable bonds is 7. The van der Waals surface area contributed by atoms with E-state index >= 15 is 0 Å². The lowest BCUT2D eigenvalue weighted by Gasteiger charge is -2.14. The maximum atomic E-state index is 13.4. The molecule has 0 spiro atoms. The van der Waals surface area contributed by atoms with Crippen LogP contribution in [0.15, 0.2) is 38.6 Å².